The van der Waals surface area contributed by atoms with Crippen molar-refractivity contribution in [1.29, 1.82) is 0 Å². The van der Waals surface area contributed by atoms with E-state index in [-0.39, 0.29) is 40.5 Å². The number of ether oxygens (including phenoxy) is 1. The zero-order valence-corrected chi connectivity index (χ0v) is 23.4. The summed E-state index contributed by atoms with van der Waals surface area (Å²) in [5.41, 5.74) is 0.896. The molecule has 4 rings (SSSR count). The number of hydrogen-bond donors (Lipinski definition) is 1. The van der Waals surface area contributed by atoms with Gasteiger partial charge >= 0.3 is 5.97 Å². The first-order chi connectivity index (χ1) is 16.3. The van der Waals surface area contributed by atoms with E-state index in [0.717, 1.165) is 44.9 Å². The van der Waals surface area contributed by atoms with Crippen LogP contribution >= 0.6 is 0 Å². The van der Waals surface area contributed by atoms with Crippen LogP contribution in [0.1, 0.15) is 113 Å². The topological polar surface area (TPSA) is 63.6 Å². The molecule has 0 saturated heterocycles. The molecule has 198 valence electrons. The predicted molar refractivity (Wildman–Crippen MR) is 140 cm³/mol. The van der Waals surface area contributed by atoms with Gasteiger partial charge < -0.3 is 9.84 Å². The Morgan fingerprint density at radius 1 is 1.14 bits per heavy atom. The zero-order valence-electron chi connectivity index (χ0n) is 23.4. The van der Waals surface area contributed by atoms with Gasteiger partial charge in [0.05, 0.1) is 5.60 Å². The van der Waals surface area contributed by atoms with Crippen molar-refractivity contribution in [3.8, 4) is 0 Å². The van der Waals surface area contributed by atoms with Crippen molar-refractivity contribution >= 4 is 11.8 Å². The number of ketones is 1. The Morgan fingerprint density at radius 2 is 1.86 bits per heavy atom. The summed E-state index contributed by atoms with van der Waals surface area (Å²) in [6.45, 7) is 14.7. The third-order valence-electron chi connectivity index (χ3n) is 11.7. The van der Waals surface area contributed by atoms with Crippen LogP contribution in [0.25, 0.3) is 0 Å². The lowest BCUT2D eigenvalue weighted by molar-refractivity contribution is -0.149. The standard InChI is InChI=1S/C31H50O4/c1-8-19(2)20(3)27(33)18-31(7,34)28-12-11-25-24-10-9-22-17-23(35-21(4)32)13-15-29(22,5)26(24)14-16-30(25,28)6/h9,19-20,23-26,28,34H,8,10-18H2,1-7H3/t19?,20?,23-,24-,25-,26-,28-,29-,30-,31-/m0/s1. The van der Waals surface area contributed by atoms with Crippen LogP contribution in [0.3, 0.4) is 0 Å². The molecule has 1 N–H and O–H groups in total. The molecule has 0 radical (unpaired) electrons. The number of fused-ring (bicyclic) bond motifs is 5. The van der Waals surface area contributed by atoms with Gasteiger partial charge in [-0.25, -0.2) is 0 Å². The van der Waals surface area contributed by atoms with Gasteiger partial charge in [0.2, 0.25) is 0 Å². The molecule has 10 atom stereocenters. The molecule has 4 nitrogen and oxygen atoms in total. The molecule has 4 aliphatic rings. The second kappa shape index (κ2) is 9.62. The van der Waals surface area contributed by atoms with E-state index in [2.05, 4.69) is 33.8 Å². The molecular formula is C31H50O4. The molecule has 2 unspecified atom stereocenters. The Bertz CT molecular complexity index is 858. The van der Waals surface area contributed by atoms with Gasteiger partial charge in [0.25, 0.3) is 0 Å². The Morgan fingerprint density at radius 3 is 2.51 bits per heavy atom. The van der Waals surface area contributed by atoms with Gasteiger partial charge in [-0.15, -0.1) is 0 Å². The highest BCUT2D eigenvalue weighted by molar-refractivity contribution is 5.81. The average Bonchev–Trinajstić information content (AvgIpc) is 3.15. The molecule has 0 aromatic rings. The van der Waals surface area contributed by atoms with Gasteiger partial charge in [-0.3, -0.25) is 9.59 Å². The summed E-state index contributed by atoms with van der Waals surface area (Å²) in [5.74, 6) is 2.57. The summed E-state index contributed by atoms with van der Waals surface area (Å²) in [6, 6.07) is 0. The first kappa shape index (κ1) is 26.9. The van der Waals surface area contributed by atoms with Crippen LogP contribution in [0.2, 0.25) is 0 Å². The van der Waals surface area contributed by atoms with Crippen LogP contribution in [-0.4, -0.2) is 28.6 Å². The van der Waals surface area contributed by atoms with Crippen LogP contribution < -0.4 is 0 Å². The van der Waals surface area contributed by atoms with Gasteiger partial charge in [-0.2, -0.15) is 0 Å². The fourth-order valence-electron chi connectivity index (χ4n) is 9.29. The molecule has 0 aromatic heterocycles. The quantitative estimate of drug-likeness (QED) is 0.314. The van der Waals surface area contributed by atoms with E-state index in [4.69, 9.17) is 4.74 Å². The summed E-state index contributed by atoms with van der Waals surface area (Å²) in [6.07, 6.45) is 12.4. The third-order valence-corrected chi connectivity index (χ3v) is 11.7. The van der Waals surface area contributed by atoms with Crippen molar-refractivity contribution in [3.05, 3.63) is 11.6 Å². The van der Waals surface area contributed by atoms with Crippen LogP contribution in [-0.2, 0) is 14.3 Å². The fourth-order valence-corrected chi connectivity index (χ4v) is 9.29. The molecule has 0 spiro atoms. The average molecular weight is 487 g/mol. The number of esters is 1. The van der Waals surface area contributed by atoms with Crippen molar-refractivity contribution < 1.29 is 19.4 Å². The van der Waals surface area contributed by atoms with Crippen LogP contribution in [0.5, 0.6) is 0 Å². The highest BCUT2D eigenvalue weighted by atomic mass is 16.5. The molecule has 0 aliphatic heterocycles. The summed E-state index contributed by atoms with van der Waals surface area (Å²) in [7, 11) is 0. The molecule has 3 saturated carbocycles. The maximum atomic E-state index is 13.1. The fraction of sp³-hybridized carbons (Fsp3) is 0.871. The van der Waals surface area contributed by atoms with E-state index in [1.807, 2.05) is 13.8 Å². The highest BCUT2D eigenvalue weighted by Crippen LogP contribution is 2.67. The molecular weight excluding hydrogens is 436 g/mol. The second-order valence-corrected chi connectivity index (χ2v) is 13.6. The number of allylic oxidation sites excluding steroid dienone is 1. The van der Waals surface area contributed by atoms with Gasteiger partial charge in [0.15, 0.2) is 0 Å². The number of carbonyl (C=O) groups excluding carboxylic acids is 2. The molecule has 0 aromatic carbocycles. The molecule has 0 heterocycles. The minimum Gasteiger partial charge on any atom is -0.462 e. The monoisotopic (exact) mass is 486 g/mol. The molecule has 4 aliphatic carbocycles. The van der Waals surface area contributed by atoms with Gasteiger partial charge in [0.1, 0.15) is 11.9 Å². The summed E-state index contributed by atoms with van der Waals surface area (Å²) in [4.78, 5) is 24.6. The summed E-state index contributed by atoms with van der Waals surface area (Å²) < 4.78 is 5.59. The molecule has 0 amide bonds. The summed E-state index contributed by atoms with van der Waals surface area (Å²) in [5, 5.41) is 11.8. The maximum absolute atomic E-state index is 13.1. The molecule has 4 heteroatoms. The minimum absolute atomic E-state index is 0.0104. The van der Waals surface area contributed by atoms with E-state index in [9.17, 15) is 14.7 Å². The zero-order chi connectivity index (χ0) is 25.8. The van der Waals surface area contributed by atoms with E-state index >= 15 is 0 Å². The van der Waals surface area contributed by atoms with E-state index in [1.54, 1.807) is 0 Å². The molecule has 3 fully saturated rings. The van der Waals surface area contributed by atoms with Crippen LogP contribution in [0, 0.1) is 46.3 Å². The Kier molecular flexibility index (Phi) is 7.39. The number of carbonyl (C=O) groups is 2. The number of rotatable bonds is 7. The lowest BCUT2D eigenvalue weighted by Gasteiger charge is -2.59. The first-order valence-corrected chi connectivity index (χ1v) is 14.4. The number of hydrogen-bond acceptors (Lipinski definition) is 4. The van der Waals surface area contributed by atoms with Crippen molar-refractivity contribution in [2.24, 2.45) is 46.3 Å². The smallest absolute Gasteiger partial charge is 0.302 e. The lowest BCUT2D eigenvalue weighted by atomic mass is 9.46. The van der Waals surface area contributed by atoms with Gasteiger partial charge in [-0.05, 0) is 92.3 Å². The van der Waals surface area contributed by atoms with Crippen molar-refractivity contribution in [2.45, 2.75) is 124 Å². The maximum Gasteiger partial charge on any atom is 0.302 e. The van der Waals surface area contributed by atoms with Gasteiger partial charge in [-0.1, -0.05) is 52.7 Å². The predicted octanol–water partition coefficient (Wildman–Crippen LogP) is 6.89. The van der Waals surface area contributed by atoms with E-state index < -0.39 is 5.60 Å². The second-order valence-electron chi connectivity index (χ2n) is 13.6. The number of aliphatic hydroxyl groups is 1. The van der Waals surface area contributed by atoms with E-state index in [1.165, 1.54) is 25.3 Å². The molecule has 35 heavy (non-hydrogen) atoms. The highest BCUT2D eigenvalue weighted by Gasteiger charge is 2.61. The lowest BCUT2D eigenvalue weighted by Crippen LogP contribution is -2.53. The third kappa shape index (κ3) is 4.66. The summed E-state index contributed by atoms with van der Waals surface area (Å²) >= 11 is 0. The molecule has 0 bridgehead atoms. The largest absolute Gasteiger partial charge is 0.462 e. The van der Waals surface area contributed by atoms with Gasteiger partial charge in [0, 0.05) is 25.7 Å². The van der Waals surface area contributed by atoms with Crippen LogP contribution in [0.15, 0.2) is 11.6 Å². The van der Waals surface area contributed by atoms with Crippen molar-refractivity contribution in [3.63, 3.8) is 0 Å². The number of Topliss-reactive ketones (excluding diaryl/α,β-unsaturated/α-hetero) is 1. The van der Waals surface area contributed by atoms with E-state index in [0.29, 0.717) is 30.1 Å². The Hall–Kier alpha value is -1.16. The Labute approximate surface area is 213 Å². The van der Waals surface area contributed by atoms with Crippen molar-refractivity contribution in [2.75, 3.05) is 0 Å². The minimum atomic E-state index is -0.934. The normalized spacial score (nSPS) is 41.9. The first-order valence-electron chi connectivity index (χ1n) is 14.4. The van der Waals surface area contributed by atoms with Crippen molar-refractivity contribution in [1.82, 2.24) is 0 Å². The van der Waals surface area contributed by atoms with Crippen LogP contribution in [0.4, 0.5) is 0 Å². The SMILES string of the molecule is CCC(C)C(C)C(=O)C[C@](C)(O)[C@H]1CC[C@H]2[C@@H]3CC=C4C[C@@H](OC(C)=O)CC[C@]4(C)[C@H]3CC[C@@]21C. The Balaban J connectivity index is 1.51.